The van der Waals surface area contributed by atoms with Crippen molar-refractivity contribution < 1.29 is 5.11 Å². The summed E-state index contributed by atoms with van der Waals surface area (Å²) in [5.74, 6) is 1.55. The number of aliphatic hydroxyl groups excluding tert-OH is 1. The third-order valence-electron chi connectivity index (χ3n) is 3.67. The van der Waals surface area contributed by atoms with E-state index in [1.807, 2.05) is 31.3 Å². The van der Waals surface area contributed by atoms with Crippen molar-refractivity contribution in [2.45, 2.75) is 18.9 Å². The van der Waals surface area contributed by atoms with Crippen LogP contribution < -0.4 is 10.2 Å². The molecule has 0 radical (unpaired) electrons. The largest absolute Gasteiger partial charge is 0.394 e. The summed E-state index contributed by atoms with van der Waals surface area (Å²) >= 11 is 0. The molecule has 1 saturated heterocycles. The van der Waals surface area contributed by atoms with Crippen molar-refractivity contribution in [3.63, 3.8) is 0 Å². The van der Waals surface area contributed by atoms with Gasteiger partial charge in [0.2, 0.25) is 5.95 Å². The number of aromatic nitrogens is 2. The summed E-state index contributed by atoms with van der Waals surface area (Å²) in [6, 6.07) is 8.18. The second-order valence-corrected chi connectivity index (χ2v) is 4.81. The first-order chi connectivity index (χ1) is 9.33. The molecule has 1 aromatic heterocycles. The van der Waals surface area contributed by atoms with Gasteiger partial charge in [-0.15, -0.1) is 0 Å². The van der Waals surface area contributed by atoms with Crippen molar-refractivity contribution in [2.24, 2.45) is 0 Å². The van der Waals surface area contributed by atoms with E-state index in [2.05, 4.69) is 20.2 Å². The number of benzene rings is 1. The van der Waals surface area contributed by atoms with Gasteiger partial charge in [-0.3, -0.25) is 0 Å². The predicted octanol–water partition coefficient (Wildman–Crippen LogP) is 1.63. The number of nitrogens with one attached hydrogen (secondary N) is 1. The van der Waals surface area contributed by atoms with Crippen molar-refractivity contribution in [3.8, 4) is 0 Å². The lowest BCUT2D eigenvalue weighted by molar-refractivity contribution is 0.266. The van der Waals surface area contributed by atoms with Gasteiger partial charge in [-0.25, -0.2) is 4.98 Å². The maximum atomic E-state index is 9.50. The Labute approximate surface area is 112 Å². The second kappa shape index (κ2) is 5.01. The van der Waals surface area contributed by atoms with Gasteiger partial charge in [-0.1, -0.05) is 12.1 Å². The summed E-state index contributed by atoms with van der Waals surface area (Å²) in [4.78, 5) is 11.3. The van der Waals surface area contributed by atoms with E-state index in [0.29, 0.717) is 5.95 Å². The highest BCUT2D eigenvalue weighted by Gasteiger charge is 2.26. The van der Waals surface area contributed by atoms with Crippen molar-refractivity contribution in [2.75, 3.05) is 30.4 Å². The molecule has 100 valence electrons. The lowest BCUT2D eigenvalue weighted by atomic mass is 10.2. The minimum Gasteiger partial charge on any atom is -0.394 e. The maximum absolute atomic E-state index is 9.50. The predicted molar refractivity (Wildman–Crippen MR) is 76.5 cm³/mol. The molecule has 0 bridgehead atoms. The first-order valence-corrected chi connectivity index (χ1v) is 6.65. The number of nitrogens with zero attached hydrogens (tertiary/aromatic N) is 3. The average Bonchev–Trinajstić information content (AvgIpc) is 2.94. The molecule has 2 N–H and O–H groups in total. The van der Waals surface area contributed by atoms with Crippen LogP contribution in [0.15, 0.2) is 24.3 Å². The molecule has 1 unspecified atom stereocenters. The Morgan fingerprint density at radius 3 is 3.00 bits per heavy atom. The Morgan fingerprint density at radius 2 is 2.21 bits per heavy atom. The van der Waals surface area contributed by atoms with E-state index in [0.717, 1.165) is 36.1 Å². The third kappa shape index (κ3) is 2.10. The Balaban J connectivity index is 2.15. The molecule has 1 aromatic carbocycles. The van der Waals surface area contributed by atoms with Gasteiger partial charge < -0.3 is 15.3 Å². The van der Waals surface area contributed by atoms with Crippen LogP contribution >= 0.6 is 0 Å². The van der Waals surface area contributed by atoms with E-state index >= 15 is 0 Å². The summed E-state index contributed by atoms with van der Waals surface area (Å²) in [6.45, 7) is 1.11. The Hall–Kier alpha value is -1.88. The molecule has 5 nitrogen and oxygen atoms in total. The van der Waals surface area contributed by atoms with Gasteiger partial charge >= 0.3 is 0 Å². The average molecular weight is 258 g/mol. The van der Waals surface area contributed by atoms with Crippen LogP contribution in [0, 0.1) is 0 Å². The van der Waals surface area contributed by atoms with Gasteiger partial charge in [0.05, 0.1) is 18.2 Å². The quantitative estimate of drug-likeness (QED) is 0.876. The molecular formula is C14H18N4O. The second-order valence-electron chi connectivity index (χ2n) is 4.81. The fourth-order valence-electron chi connectivity index (χ4n) is 2.69. The molecule has 3 rings (SSSR count). The highest BCUT2D eigenvalue weighted by atomic mass is 16.3. The first kappa shape index (κ1) is 12.2. The van der Waals surface area contributed by atoms with Gasteiger partial charge in [-0.05, 0) is 25.0 Å². The van der Waals surface area contributed by atoms with Crippen molar-refractivity contribution in [1.29, 1.82) is 0 Å². The third-order valence-corrected chi connectivity index (χ3v) is 3.67. The summed E-state index contributed by atoms with van der Waals surface area (Å²) in [7, 11) is 1.82. The fourth-order valence-corrected chi connectivity index (χ4v) is 2.69. The molecule has 19 heavy (non-hydrogen) atoms. The Bertz CT molecular complexity index is 587. The number of hydrogen-bond donors (Lipinski definition) is 2. The summed E-state index contributed by atoms with van der Waals surface area (Å²) in [5, 5.41) is 13.5. The minimum atomic E-state index is 0.169. The van der Waals surface area contributed by atoms with Crippen LogP contribution in [0.1, 0.15) is 12.8 Å². The van der Waals surface area contributed by atoms with Gasteiger partial charge in [-0.2, -0.15) is 4.98 Å². The number of para-hydroxylation sites is 1. The molecule has 2 heterocycles. The van der Waals surface area contributed by atoms with Gasteiger partial charge in [0.25, 0.3) is 0 Å². The summed E-state index contributed by atoms with van der Waals surface area (Å²) in [6.07, 6.45) is 2.11. The van der Waals surface area contributed by atoms with Crippen LogP contribution in [0.2, 0.25) is 0 Å². The Kier molecular flexibility index (Phi) is 3.21. The molecule has 2 aromatic rings. The number of aliphatic hydroxyl groups is 1. The number of rotatable bonds is 3. The van der Waals surface area contributed by atoms with E-state index in [9.17, 15) is 5.11 Å². The van der Waals surface area contributed by atoms with E-state index in [4.69, 9.17) is 0 Å². The van der Waals surface area contributed by atoms with Crippen LogP contribution in [-0.2, 0) is 0 Å². The van der Waals surface area contributed by atoms with Gasteiger partial charge in [0.1, 0.15) is 5.82 Å². The lowest BCUT2D eigenvalue weighted by Gasteiger charge is -2.25. The topological polar surface area (TPSA) is 61.3 Å². The van der Waals surface area contributed by atoms with Crippen LogP contribution in [0.25, 0.3) is 10.9 Å². The molecule has 0 aliphatic carbocycles. The zero-order chi connectivity index (χ0) is 13.2. The summed E-state index contributed by atoms with van der Waals surface area (Å²) < 4.78 is 0. The molecule has 1 aliphatic rings. The standard InChI is InChI=1S/C14H18N4O/c1-15-14-16-12-7-3-2-6-11(12)13(17-14)18-8-4-5-10(18)9-19/h2-3,6-7,10,19H,4-5,8-9H2,1H3,(H,15,16,17). The molecular weight excluding hydrogens is 240 g/mol. The van der Waals surface area contributed by atoms with Crippen molar-refractivity contribution in [1.82, 2.24) is 9.97 Å². The molecule has 0 saturated carbocycles. The molecule has 0 amide bonds. The van der Waals surface area contributed by atoms with E-state index in [1.54, 1.807) is 0 Å². The number of fused-ring (bicyclic) bond motifs is 1. The van der Waals surface area contributed by atoms with Crippen molar-refractivity contribution >= 4 is 22.7 Å². The zero-order valence-corrected chi connectivity index (χ0v) is 11.0. The number of anilines is 2. The highest BCUT2D eigenvalue weighted by Crippen LogP contribution is 2.30. The normalized spacial score (nSPS) is 19.1. The number of hydrogen-bond acceptors (Lipinski definition) is 5. The fraction of sp³-hybridized carbons (Fsp3) is 0.429. The minimum absolute atomic E-state index is 0.169. The smallest absolute Gasteiger partial charge is 0.224 e. The van der Waals surface area contributed by atoms with Crippen molar-refractivity contribution in [3.05, 3.63) is 24.3 Å². The van der Waals surface area contributed by atoms with Crippen LogP contribution in [0.3, 0.4) is 0 Å². The van der Waals surface area contributed by atoms with E-state index < -0.39 is 0 Å². The molecule has 5 heteroatoms. The molecule has 1 atom stereocenters. The van der Waals surface area contributed by atoms with Crippen LogP contribution in [-0.4, -0.2) is 41.3 Å². The lowest BCUT2D eigenvalue weighted by Crippen LogP contribution is -2.33. The molecule has 1 fully saturated rings. The first-order valence-electron chi connectivity index (χ1n) is 6.65. The van der Waals surface area contributed by atoms with Crippen LogP contribution in [0.4, 0.5) is 11.8 Å². The maximum Gasteiger partial charge on any atom is 0.224 e. The van der Waals surface area contributed by atoms with Crippen LogP contribution in [0.5, 0.6) is 0 Å². The zero-order valence-electron chi connectivity index (χ0n) is 11.0. The Morgan fingerprint density at radius 1 is 1.37 bits per heavy atom. The highest BCUT2D eigenvalue weighted by molar-refractivity contribution is 5.90. The van der Waals surface area contributed by atoms with Gasteiger partial charge in [0, 0.05) is 19.0 Å². The van der Waals surface area contributed by atoms with Gasteiger partial charge in [0.15, 0.2) is 0 Å². The molecule has 0 spiro atoms. The summed E-state index contributed by atoms with van der Waals surface area (Å²) in [5.41, 5.74) is 0.931. The van der Waals surface area contributed by atoms with E-state index in [1.165, 1.54) is 0 Å². The molecule has 1 aliphatic heterocycles. The van der Waals surface area contributed by atoms with E-state index in [-0.39, 0.29) is 12.6 Å². The SMILES string of the molecule is CNc1nc(N2CCCC2CO)c2ccccc2n1. The monoisotopic (exact) mass is 258 g/mol.